The lowest BCUT2D eigenvalue weighted by molar-refractivity contribution is 0.0697. The molecule has 1 aliphatic rings. The first kappa shape index (κ1) is 20.3. The van der Waals surface area contributed by atoms with Crippen molar-refractivity contribution in [2.75, 3.05) is 13.1 Å². The summed E-state index contributed by atoms with van der Waals surface area (Å²) < 4.78 is 5.90. The van der Waals surface area contributed by atoms with Crippen molar-refractivity contribution in [1.29, 1.82) is 0 Å². The Labute approximate surface area is 161 Å². The van der Waals surface area contributed by atoms with Crippen LogP contribution in [-0.4, -0.2) is 23.9 Å². The van der Waals surface area contributed by atoms with E-state index in [-0.39, 0.29) is 18.3 Å². The average Bonchev–Trinajstić information content (AvgIpc) is 2.67. The molecule has 0 saturated carbocycles. The molecule has 0 radical (unpaired) electrons. The highest BCUT2D eigenvalue weighted by atomic mass is 35.5. The van der Waals surface area contributed by atoms with Crippen molar-refractivity contribution in [3.05, 3.63) is 65.2 Å². The van der Waals surface area contributed by atoms with E-state index in [1.807, 2.05) is 53.4 Å². The van der Waals surface area contributed by atoms with Crippen molar-refractivity contribution in [2.45, 2.75) is 32.9 Å². The number of likely N-dealkylation sites (tertiary alicyclic amines) is 1. The third kappa shape index (κ3) is 4.99. The number of nitrogens with two attached hydrogens (primary N) is 1. The summed E-state index contributed by atoms with van der Waals surface area (Å²) in [5.41, 5.74) is 8.55. The predicted octanol–water partition coefficient (Wildman–Crippen LogP) is 4.02. The summed E-state index contributed by atoms with van der Waals surface area (Å²) >= 11 is 0. The number of piperidine rings is 1. The van der Waals surface area contributed by atoms with Crippen molar-refractivity contribution in [3.63, 3.8) is 0 Å². The number of halogens is 1. The van der Waals surface area contributed by atoms with Gasteiger partial charge in [-0.05, 0) is 42.5 Å². The van der Waals surface area contributed by atoms with E-state index < -0.39 is 0 Å². The van der Waals surface area contributed by atoms with Crippen LogP contribution in [0.1, 0.15) is 41.3 Å². The molecule has 0 atom stereocenters. The fraction of sp³-hybridized carbons (Fsp3) is 0.381. The topological polar surface area (TPSA) is 55.6 Å². The largest absolute Gasteiger partial charge is 0.489 e. The molecular weight excluding hydrogens is 348 g/mol. The van der Waals surface area contributed by atoms with Crippen LogP contribution < -0.4 is 10.5 Å². The maximum Gasteiger partial charge on any atom is 0.253 e. The van der Waals surface area contributed by atoms with Crippen molar-refractivity contribution in [1.82, 2.24) is 4.90 Å². The second-order valence-electron chi connectivity index (χ2n) is 6.78. The van der Waals surface area contributed by atoms with Gasteiger partial charge in [0.05, 0.1) is 0 Å². The first-order valence-corrected chi connectivity index (χ1v) is 8.96. The molecule has 140 valence electrons. The average molecular weight is 375 g/mol. The van der Waals surface area contributed by atoms with E-state index in [1.54, 1.807) is 0 Å². The van der Waals surface area contributed by atoms with Crippen molar-refractivity contribution >= 4 is 18.3 Å². The highest BCUT2D eigenvalue weighted by molar-refractivity contribution is 5.94. The molecule has 0 aromatic heterocycles. The molecule has 26 heavy (non-hydrogen) atoms. The molecule has 4 nitrogen and oxygen atoms in total. The maximum absolute atomic E-state index is 12.7. The minimum atomic E-state index is 0. The van der Waals surface area contributed by atoms with E-state index in [9.17, 15) is 4.79 Å². The van der Waals surface area contributed by atoms with Gasteiger partial charge in [0.2, 0.25) is 0 Å². The third-order valence-electron chi connectivity index (χ3n) is 4.84. The number of carbonyl (C=O) groups is 1. The minimum absolute atomic E-state index is 0. The summed E-state index contributed by atoms with van der Waals surface area (Å²) in [4.78, 5) is 14.7. The lowest BCUT2D eigenvalue weighted by atomic mass is 9.98. The van der Waals surface area contributed by atoms with E-state index in [0.29, 0.717) is 24.6 Å². The monoisotopic (exact) mass is 374 g/mol. The number of benzene rings is 2. The van der Waals surface area contributed by atoms with Gasteiger partial charge in [0.15, 0.2) is 0 Å². The van der Waals surface area contributed by atoms with Gasteiger partial charge in [-0.1, -0.05) is 37.3 Å². The van der Waals surface area contributed by atoms with Crippen LogP contribution in [0.2, 0.25) is 0 Å². The predicted molar refractivity (Wildman–Crippen MR) is 107 cm³/mol. The Morgan fingerprint density at radius 1 is 1.15 bits per heavy atom. The number of carbonyl (C=O) groups excluding carboxylic acids is 1. The van der Waals surface area contributed by atoms with Gasteiger partial charge in [-0.2, -0.15) is 0 Å². The van der Waals surface area contributed by atoms with Crippen molar-refractivity contribution < 1.29 is 9.53 Å². The first-order valence-electron chi connectivity index (χ1n) is 8.96. The fourth-order valence-electron chi connectivity index (χ4n) is 3.14. The number of rotatable bonds is 5. The SMILES string of the molecule is CC1CCN(C(=O)c2ccc(OCc3ccccc3)c(CN)c2)CC1.Cl. The van der Waals surface area contributed by atoms with Crippen molar-refractivity contribution in [2.24, 2.45) is 11.7 Å². The van der Waals surface area contributed by atoms with Gasteiger partial charge >= 0.3 is 0 Å². The lowest BCUT2D eigenvalue weighted by Crippen LogP contribution is -2.37. The summed E-state index contributed by atoms with van der Waals surface area (Å²) in [5, 5.41) is 0. The molecule has 1 fully saturated rings. The molecule has 1 heterocycles. The zero-order chi connectivity index (χ0) is 17.6. The van der Waals surface area contributed by atoms with Crippen LogP contribution in [0.4, 0.5) is 0 Å². The Bertz CT molecular complexity index is 713. The van der Waals surface area contributed by atoms with Gasteiger partial charge in [-0.15, -0.1) is 12.4 Å². The Balaban J connectivity index is 0.00000243. The van der Waals surface area contributed by atoms with Gasteiger partial charge in [-0.3, -0.25) is 4.79 Å². The number of ether oxygens (including phenoxy) is 1. The van der Waals surface area contributed by atoms with Gasteiger partial charge in [0, 0.05) is 30.8 Å². The molecule has 0 bridgehead atoms. The van der Waals surface area contributed by atoms with Gasteiger partial charge in [-0.25, -0.2) is 0 Å². The number of amides is 1. The van der Waals surface area contributed by atoms with Gasteiger partial charge in [0.25, 0.3) is 5.91 Å². The molecule has 2 aromatic carbocycles. The van der Waals surface area contributed by atoms with Crippen LogP contribution in [0.25, 0.3) is 0 Å². The third-order valence-corrected chi connectivity index (χ3v) is 4.84. The van der Waals surface area contributed by atoms with E-state index in [1.165, 1.54) is 0 Å². The first-order chi connectivity index (χ1) is 12.2. The molecule has 5 heteroatoms. The quantitative estimate of drug-likeness (QED) is 0.859. The lowest BCUT2D eigenvalue weighted by Gasteiger charge is -2.30. The van der Waals surface area contributed by atoms with Crippen LogP contribution >= 0.6 is 12.4 Å². The van der Waals surface area contributed by atoms with Crippen LogP contribution in [-0.2, 0) is 13.2 Å². The minimum Gasteiger partial charge on any atom is -0.489 e. The fourth-order valence-corrected chi connectivity index (χ4v) is 3.14. The Morgan fingerprint density at radius 3 is 2.50 bits per heavy atom. The van der Waals surface area contributed by atoms with Crippen molar-refractivity contribution in [3.8, 4) is 5.75 Å². The summed E-state index contributed by atoms with van der Waals surface area (Å²) in [5.74, 6) is 1.55. The molecule has 2 N–H and O–H groups in total. The summed E-state index contributed by atoms with van der Waals surface area (Å²) in [7, 11) is 0. The van der Waals surface area contributed by atoms with Crippen LogP contribution in [0.15, 0.2) is 48.5 Å². The van der Waals surface area contributed by atoms with E-state index in [0.717, 1.165) is 42.8 Å². The number of hydrogen-bond donors (Lipinski definition) is 1. The zero-order valence-electron chi connectivity index (χ0n) is 15.2. The molecule has 3 rings (SSSR count). The van der Waals surface area contributed by atoms with Gasteiger partial charge < -0.3 is 15.4 Å². The Kier molecular flexibility index (Phi) is 7.49. The highest BCUT2D eigenvalue weighted by Gasteiger charge is 2.22. The molecule has 0 aliphatic carbocycles. The molecule has 2 aromatic rings. The normalized spacial score (nSPS) is 14.6. The summed E-state index contributed by atoms with van der Waals surface area (Å²) in [6.07, 6.45) is 2.15. The van der Waals surface area contributed by atoms with Crippen LogP contribution in [0.3, 0.4) is 0 Å². The Morgan fingerprint density at radius 2 is 1.85 bits per heavy atom. The second-order valence-corrected chi connectivity index (χ2v) is 6.78. The molecule has 0 unspecified atom stereocenters. The van der Waals surface area contributed by atoms with E-state index in [2.05, 4.69) is 6.92 Å². The maximum atomic E-state index is 12.7. The van der Waals surface area contributed by atoms with E-state index >= 15 is 0 Å². The molecule has 1 aliphatic heterocycles. The zero-order valence-corrected chi connectivity index (χ0v) is 16.0. The molecule has 1 amide bonds. The Hall–Kier alpha value is -2.04. The molecule has 1 saturated heterocycles. The smallest absolute Gasteiger partial charge is 0.253 e. The molecule has 0 spiro atoms. The second kappa shape index (κ2) is 9.60. The van der Waals surface area contributed by atoms with E-state index in [4.69, 9.17) is 10.5 Å². The number of hydrogen-bond acceptors (Lipinski definition) is 3. The highest BCUT2D eigenvalue weighted by Crippen LogP contribution is 2.24. The van der Waals surface area contributed by atoms with Crippen LogP contribution in [0, 0.1) is 5.92 Å². The summed E-state index contributed by atoms with van der Waals surface area (Å²) in [6, 6.07) is 15.6. The van der Waals surface area contributed by atoms with Crippen LogP contribution in [0.5, 0.6) is 5.75 Å². The molecular formula is C21H27ClN2O2. The standard InChI is InChI=1S/C21H26N2O2.ClH/c1-16-9-11-23(12-10-16)21(24)18-7-8-20(19(13-18)14-22)25-15-17-5-3-2-4-6-17;/h2-8,13,16H,9-12,14-15,22H2,1H3;1H. The van der Waals surface area contributed by atoms with Gasteiger partial charge in [0.1, 0.15) is 12.4 Å². The summed E-state index contributed by atoms with van der Waals surface area (Å²) in [6.45, 7) is 4.76. The number of nitrogens with zero attached hydrogens (tertiary/aromatic N) is 1.